The number of aryl methyl sites for hydroxylation is 2. The Labute approximate surface area is 116 Å². The lowest BCUT2D eigenvalue weighted by atomic mass is 10.0. The first-order valence-corrected chi connectivity index (χ1v) is 7.09. The van der Waals surface area contributed by atoms with Gasteiger partial charge in [-0.15, -0.1) is 11.3 Å². The molecule has 4 heteroatoms. The van der Waals surface area contributed by atoms with Crippen LogP contribution in [-0.2, 0) is 6.42 Å². The van der Waals surface area contributed by atoms with Gasteiger partial charge in [-0.1, -0.05) is 6.92 Å². The van der Waals surface area contributed by atoms with Crippen LogP contribution in [0.1, 0.15) is 33.8 Å². The van der Waals surface area contributed by atoms with Crippen molar-refractivity contribution >= 4 is 11.3 Å². The van der Waals surface area contributed by atoms with Gasteiger partial charge in [0.15, 0.2) is 0 Å². The second-order valence-electron chi connectivity index (χ2n) is 4.50. The highest BCUT2D eigenvalue weighted by Crippen LogP contribution is 2.31. The Bertz CT molecular complexity index is 578. The van der Waals surface area contributed by atoms with Crippen molar-refractivity contribution in [1.82, 2.24) is 5.32 Å². The number of rotatable bonds is 4. The highest BCUT2D eigenvalue weighted by Gasteiger charge is 2.19. The Balaban J connectivity index is 2.44. The molecule has 0 radical (unpaired) electrons. The quantitative estimate of drug-likeness (QED) is 0.885. The molecular weight excluding hydrogens is 264 g/mol. The molecule has 1 aromatic heterocycles. The van der Waals surface area contributed by atoms with Gasteiger partial charge in [-0.2, -0.15) is 0 Å². The van der Waals surface area contributed by atoms with E-state index in [4.69, 9.17) is 0 Å². The van der Waals surface area contributed by atoms with Crippen LogP contribution in [0.5, 0.6) is 0 Å². The monoisotopic (exact) mass is 281 g/mol. The predicted molar refractivity (Wildman–Crippen MR) is 75.7 cm³/mol. The fraction of sp³-hybridized carbons (Fsp3) is 0.333. The van der Waals surface area contributed by atoms with E-state index in [1.54, 1.807) is 31.4 Å². The molecule has 0 aliphatic rings. The van der Waals surface area contributed by atoms with Crippen molar-refractivity contribution in [3.8, 4) is 0 Å². The molecule has 2 aromatic rings. The van der Waals surface area contributed by atoms with Gasteiger partial charge in [0.2, 0.25) is 0 Å². The summed E-state index contributed by atoms with van der Waals surface area (Å²) in [5, 5.41) is 3.11. The predicted octanol–water partition coefficient (Wildman–Crippen LogP) is 4.21. The molecule has 1 nitrogen and oxygen atoms in total. The Morgan fingerprint density at radius 2 is 1.95 bits per heavy atom. The molecule has 0 aliphatic heterocycles. The molecule has 0 bridgehead atoms. The molecule has 1 heterocycles. The number of nitrogens with one attached hydrogen (secondary N) is 1. The van der Waals surface area contributed by atoms with E-state index < -0.39 is 11.6 Å². The van der Waals surface area contributed by atoms with E-state index in [0.717, 1.165) is 17.4 Å². The SMILES string of the molecule is CCc1ccc(C(NC)c2cc(C)c(F)cc2F)s1. The molecule has 1 atom stereocenters. The van der Waals surface area contributed by atoms with Crippen LogP contribution in [-0.4, -0.2) is 7.05 Å². The minimum Gasteiger partial charge on any atom is -0.309 e. The van der Waals surface area contributed by atoms with Crippen LogP contribution in [0.25, 0.3) is 0 Å². The number of hydrogen-bond acceptors (Lipinski definition) is 2. The van der Waals surface area contributed by atoms with Crippen molar-refractivity contribution < 1.29 is 8.78 Å². The number of hydrogen-bond donors (Lipinski definition) is 1. The summed E-state index contributed by atoms with van der Waals surface area (Å²) in [5.74, 6) is -1.01. The van der Waals surface area contributed by atoms with Gasteiger partial charge in [0.25, 0.3) is 0 Å². The lowest BCUT2D eigenvalue weighted by molar-refractivity contribution is 0.549. The highest BCUT2D eigenvalue weighted by atomic mass is 32.1. The van der Waals surface area contributed by atoms with Crippen LogP contribution < -0.4 is 5.32 Å². The van der Waals surface area contributed by atoms with Gasteiger partial charge in [0.1, 0.15) is 11.6 Å². The first-order valence-electron chi connectivity index (χ1n) is 6.28. The van der Waals surface area contributed by atoms with E-state index >= 15 is 0 Å². The highest BCUT2D eigenvalue weighted by molar-refractivity contribution is 7.12. The maximum absolute atomic E-state index is 14.0. The average molecular weight is 281 g/mol. The summed E-state index contributed by atoms with van der Waals surface area (Å²) in [5.41, 5.74) is 0.954. The molecule has 0 spiro atoms. The van der Waals surface area contributed by atoms with Crippen LogP contribution in [0, 0.1) is 18.6 Å². The van der Waals surface area contributed by atoms with Crippen LogP contribution >= 0.6 is 11.3 Å². The van der Waals surface area contributed by atoms with Crippen LogP contribution in [0.4, 0.5) is 8.78 Å². The van der Waals surface area contributed by atoms with Gasteiger partial charge in [-0.3, -0.25) is 0 Å². The Kier molecular flexibility index (Phi) is 4.32. The zero-order chi connectivity index (χ0) is 14.0. The first-order chi connectivity index (χ1) is 9.06. The fourth-order valence-electron chi connectivity index (χ4n) is 2.09. The van der Waals surface area contributed by atoms with Gasteiger partial charge in [-0.05, 0) is 44.2 Å². The summed E-state index contributed by atoms with van der Waals surface area (Å²) in [6, 6.07) is 6.37. The first kappa shape index (κ1) is 14.2. The largest absolute Gasteiger partial charge is 0.309 e. The Hall–Kier alpha value is -1.26. The van der Waals surface area contributed by atoms with Crippen molar-refractivity contribution in [3.63, 3.8) is 0 Å². The molecule has 1 aromatic carbocycles. The molecule has 0 saturated heterocycles. The summed E-state index contributed by atoms with van der Waals surface area (Å²) in [6.45, 7) is 3.74. The van der Waals surface area contributed by atoms with Gasteiger partial charge < -0.3 is 5.32 Å². The van der Waals surface area contributed by atoms with Crippen molar-refractivity contribution in [1.29, 1.82) is 0 Å². The van der Waals surface area contributed by atoms with Crippen molar-refractivity contribution in [2.75, 3.05) is 7.05 Å². The molecule has 1 unspecified atom stereocenters. The third kappa shape index (κ3) is 2.85. The van der Waals surface area contributed by atoms with E-state index in [9.17, 15) is 8.78 Å². The third-order valence-corrected chi connectivity index (χ3v) is 4.49. The molecular formula is C15H17F2NS. The lowest BCUT2D eigenvalue weighted by Gasteiger charge is -2.17. The molecule has 0 aliphatic carbocycles. The maximum atomic E-state index is 14.0. The smallest absolute Gasteiger partial charge is 0.131 e. The van der Waals surface area contributed by atoms with E-state index in [2.05, 4.69) is 18.3 Å². The molecule has 2 rings (SSSR count). The number of halogens is 2. The minimum atomic E-state index is -0.506. The van der Waals surface area contributed by atoms with Gasteiger partial charge in [0, 0.05) is 21.4 Å². The summed E-state index contributed by atoms with van der Waals surface area (Å²) >= 11 is 1.66. The topological polar surface area (TPSA) is 12.0 Å². The van der Waals surface area contributed by atoms with Crippen molar-refractivity contribution in [2.45, 2.75) is 26.3 Å². The second kappa shape index (κ2) is 5.80. The van der Waals surface area contributed by atoms with Crippen molar-refractivity contribution in [3.05, 3.63) is 56.8 Å². The summed E-state index contributed by atoms with van der Waals surface area (Å²) in [6.07, 6.45) is 0.964. The van der Waals surface area contributed by atoms with Gasteiger partial charge >= 0.3 is 0 Å². The molecule has 1 N–H and O–H groups in total. The Morgan fingerprint density at radius 3 is 2.53 bits per heavy atom. The van der Waals surface area contributed by atoms with E-state index in [1.807, 2.05) is 6.07 Å². The van der Waals surface area contributed by atoms with Gasteiger partial charge in [-0.25, -0.2) is 8.78 Å². The van der Waals surface area contributed by atoms with E-state index in [-0.39, 0.29) is 6.04 Å². The zero-order valence-corrected chi connectivity index (χ0v) is 12.1. The normalized spacial score (nSPS) is 12.7. The summed E-state index contributed by atoms with van der Waals surface area (Å²) in [7, 11) is 1.79. The molecule has 0 saturated carbocycles. The minimum absolute atomic E-state index is 0.232. The van der Waals surface area contributed by atoms with Crippen LogP contribution in [0.3, 0.4) is 0 Å². The zero-order valence-electron chi connectivity index (χ0n) is 11.3. The maximum Gasteiger partial charge on any atom is 0.131 e. The molecule has 0 fully saturated rings. The molecule has 0 amide bonds. The van der Waals surface area contributed by atoms with E-state index in [0.29, 0.717) is 11.1 Å². The van der Waals surface area contributed by atoms with E-state index in [1.165, 1.54) is 4.88 Å². The number of thiophene rings is 1. The Morgan fingerprint density at radius 1 is 1.21 bits per heavy atom. The van der Waals surface area contributed by atoms with Crippen LogP contribution in [0.15, 0.2) is 24.3 Å². The summed E-state index contributed by atoms with van der Waals surface area (Å²) in [4.78, 5) is 2.30. The standard InChI is InChI=1S/C15H17F2NS/c1-4-10-5-6-14(19-10)15(18-3)11-7-9(2)12(16)8-13(11)17/h5-8,15,18H,4H2,1-3H3. The third-order valence-electron chi connectivity index (χ3n) is 3.19. The van der Waals surface area contributed by atoms with Gasteiger partial charge in [0.05, 0.1) is 6.04 Å². The lowest BCUT2D eigenvalue weighted by Crippen LogP contribution is -2.18. The van der Waals surface area contributed by atoms with Crippen LogP contribution in [0.2, 0.25) is 0 Å². The molecule has 102 valence electrons. The number of benzene rings is 1. The van der Waals surface area contributed by atoms with Crippen molar-refractivity contribution in [2.24, 2.45) is 0 Å². The average Bonchev–Trinajstić information content (AvgIpc) is 2.85. The summed E-state index contributed by atoms with van der Waals surface area (Å²) < 4.78 is 27.3. The second-order valence-corrected chi connectivity index (χ2v) is 5.70. The molecule has 19 heavy (non-hydrogen) atoms. The fourth-order valence-corrected chi connectivity index (χ4v) is 3.17.